The Bertz CT molecular complexity index is 366. The van der Waals surface area contributed by atoms with Crippen LogP contribution >= 0.6 is 0 Å². The van der Waals surface area contributed by atoms with Crippen molar-refractivity contribution >= 4 is 5.91 Å². The highest BCUT2D eigenvalue weighted by Gasteiger charge is 2.10. The second-order valence-electron chi connectivity index (χ2n) is 5.15. The number of amides is 1. The van der Waals surface area contributed by atoms with E-state index >= 15 is 0 Å². The molecule has 0 saturated heterocycles. The van der Waals surface area contributed by atoms with Gasteiger partial charge in [-0.1, -0.05) is 44.2 Å². The highest BCUT2D eigenvalue weighted by molar-refractivity contribution is 5.78. The summed E-state index contributed by atoms with van der Waals surface area (Å²) in [7, 11) is 0. The van der Waals surface area contributed by atoms with Crippen molar-refractivity contribution < 1.29 is 9.90 Å². The molecule has 0 spiro atoms. The maximum absolute atomic E-state index is 11.7. The normalized spacial score (nSPS) is 12.4. The van der Waals surface area contributed by atoms with Crippen LogP contribution in [-0.4, -0.2) is 30.2 Å². The van der Waals surface area contributed by atoms with Gasteiger partial charge in [0.25, 0.3) is 0 Å². The van der Waals surface area contributed by atoms with Crippen molar-refractivity contribution in [2.45, 2.75) is 32.9 Å². The Balaban J connectivity index is 2.24. The molecule has 0 aliphatic carbocycles. The molecule has 0 fully saturated rings. The summed E-state index contributed by atoms with van der Waals surface area (Å²) in [4.78, 5) is 11.7. The van der Waals surface area contributed by atoms with E-state index in [1.165, 1.54) is 0 Å². The first-order valence-electron chi connectivity index (χ1n) is 6.76. The maximum atomic E-state index is 11.7. The third kappa shape index (κ3) is 6.94. The summed E-state index contributed by atoms with van der Waals surface area (Å²) >= 11 is 0. The largest absolute Gasteiger partial charge is 0.395 e. The van der Waals surface area contributed by atoms with Crippen LogP contribution in [0, 0.1) is 5.92 Å². The third-order valence-electron chi connectivity index (χ3n) is 2.86. The van der Waals surface area contributed by atoms with Crippen molar-refractivity contribution in [3.05, 3.63) is 35.9 Å². The Morgan fingerprint density at radius 3 is 2.53 bits per heavy atom. The molecule has 0 aliphatic heterocycles. The standard InChI is InChI=1S/C15H24N2O2/c1-12(2)8-14(11-18)16-10-15(19)17-9-13-6-4-3-5-7-13/h3-7,12,14,16,18H,8-11H2,1-2H3,(H,17,19). The first-order chi connectivity index (χ1) is 9.11. The fourth-order valence-corrected chi connectivity index (χ4v) is 1.89. The lowest BCUT2D eigenvalue weighted by Gasteiger charge is -2.18. The van der Waals surface area contributed by atoms with Crippen molar-refractivity contribution in [3.63, 3.8) is 0 Å². The average molecular weight is 264 g/mol. The second-order valence-corrected chi connectivity index (χ2v) is 5.15. The number of aliphatic hydroxyl groups is 1. The number of carbonyl (C=O) groups excluding carboxylic acids is 1. The van der Waals surface area contributed by atoms with Crippen LogP contribution in [0.15, 0.2) is 30.3 Å². The topological polar surface area (TPSA) is 61.4 Å². The predicted octanol–water partition coefficient (Wildman–Crippen LogP) is 1.30. The third-order valence-corrected chi connectivity index (χ3v) is 2.86. The molecule has 0 radical (unpaired) electrons. The molecule has 1 atom stereocenters. The van der Waals surface area contributed by atoms with Gasteiger partial charge in [-0.25, -0.2) is 0 Å². The van der Waals surface area contributed by atoms with Crippen molar-refractivity contribution in [2.24, 2.45) is 5.92 Å². The first-order valence-corrected chi connectivity index (χ1v) is 6.76. The number of rotatable bonds is 8. The van der Waals surface area contributed by atoms with E-state index in [1.807, 2.05) is 30.3 Å². The summed E-state index contributed by atoms with van der Waals surface area (Å²) in [5, 5.41) is 15.1. The van der Waals surface area contributed by atoms with Gasteiger partial charge in [0.1, 0.15) is 0 Å². The number of nitrogens with one attached hydrogen (secondary N) is 2. The van der Waals surface area contributed by atoms with Crippen LogP contribution < -0.4 is 10.6 Å². The minimum atomic E-state index is -0.0499. The molecule has 1 aromatic rings. The van der Waals surface area contributed by atoms with E-state index in [0.717, 1.165) is 12.0 Å². The lowest BCUT2D eigenvalue weighted by atomic mass is 10.0. The first kappa shape index (κ1) is 15.7. The molecular weight excluding hydrogens is 240 g/mol. The number of benzene rings is 1. The van der Waals surface area contributed by atoms with Crippen LogP contribution in [0.1, 0.15) is 25.8 Å². The van der Waals surface area contributed by atoms with E-state index in [4.69, 9.17) is 0 Å². The molecule has 1 unspecified atom stereocenters. The van der Waals surface area contributed by atoms with Crippen molar-refractivity contribution in [2.75, 3.05) is 13.2 Å². The van der Waals surface area contributed by atoms with E-state index in [2.05, 4.69) is 24.5 Å². The molecule has 0 saturated carbocycles. The predicted molar refractivity (Wildman–Crippen MR) is 76.6 cm³/mol. The molecule has 1 amide bonds. The molecule has 1 rings (SSSR count). The van der Waals surface area contributed by atoms with E-state index in [9.17, 15) is 9.90 Å². The molecule has 0 bridgehead atoms. The van der Waals surface area contributed by atoms with Crippen LogP contribution in [0.25, 0.3) is 0 Å². The van der Waals surface area contributed by atoms with Crippen LogP contribution in [-0.2, 0) is 11.3 Å². The molecule has 106 valence electrons. The van der Waals surface area contributed by atoms with Gasteiger partial charge in [-0.3, -0.25) is 4.79 Å². The summed E-state index contributed by atoms with van der Waals surface area (Å²) < 4.78 is 0. The number of aliphatic hydroxyl groups excluding tert-OH is 1. The highest BCUT2D eigenvalue weighted by atomic mass is 16.3. The lowest BCUT2D eigenvalue weighted by molar-refractivity contribution is -0.120. The summed E-state index contributed by atoms with van der Waals surface area (Å²) in [6.45, 7) is 5.03. The van der Waals surface area contributed by atoms with Crippen LogP contribution in [0.3, 0.4) is 0 Å². The quantitative estimate of drug-likeness (QED) is 0.663. The zero-order valence-corrected chi connectivity index (χ0v) is 11.7. The van der Waals surface area contributed by atoms with Crippen molar-refractivity contribution in [1.82, 2.24) is 10.6 Å². The second kappa shape index (κ2) is 8.67. The highest BCUT2D eigenvalue weighted by Crippen LogP contribution is 2.03. The number of carbonyl (C=O) groups is 1. The Labute approximate surface area is 115 Å². The zero-order chi connectivity index (χ0) is 14.1. The smallest absolute Gasteiger partial charge is 0.234 e. The van der Waals surface area contributed by atoms with Gasteiger partial charge in [0.2, 0.25) is 5.91 Å². The van der Waals surface area contributed by atoms with Gasteiger partial charge in [-0.2, -0.15) is 0 Å². The van der Waals surface area contributed by atoms with E-state index in [0.29, 0.717) is 12.5 Å². The molecule has 0 heterocycles. The fourth-order valence-electron chi connectivity index (χ4n) is 1.89. The Morgan fingerprint density at radius 1 is 1.26 bits per heavy atom. The molecule has 4 heteroatoms. The zero-order valence-electron chi connectivity index (χ0n) is 11.7. The van der Waals surface area contributed by atoms with Crippen LogP contribution in [0.2, 0.25) is 0 Å². The van der Waals surface area contributed by atoms with Gasteiger partial charge < -0.3 is 15.7 Å². The lowest BCUT2D eigenvalue weighted by Crippen LogP contribution is -2.41. The van der Waals surface area contributed by atoms with Crippen molar-refractivity contribution in [3.8, 4) is 0 Å². The molecular formula is C15H24N2O2. The molecule has 19 heavy (non-hydrogen) atoms. The maximum Gasteiger partial charge on any atom is 0.234 e. The minimum absolute atomic E-state index is 0.0116. The SMILES string of the molecule is CC(C)CC(CO)NCC(=O)NCc1ccccc1. The Morgan fingerprint density at radius 2 is 1.95 bits per heavy atom. The van der Waals surface area contributed by atoms with E-state index in [1.54, 1.807) is 0 Å². The van der Waals surface area contributed by atoms with Gasteiger partial charge in [0, 0.05) is 12.6 Å². The molecule has 0 aromatic heterocycles. The summed E-state index contributed by atoms with van der Waals surface area (Å²) in [5.74, 6) is 0.447. The Hall–Kier alpha value is -1.39. The number of hydrogen-bond donors (Lipinski definition) is 3. The van der Waals surface area contributed by atoms with E-state index in [-0.39, 0.29) is 25.1 Å². The van der Waals surface area contributed by atoms with Crippen LogP contribution in [0.4, 0.5) is 0 Å². The van der Waals surface area contributed by atoms with Gasteiger partial charge in [-0.15, -0.1) is 0 Å². The summed E-state index contributed by atoms with van der Waals surface area (Å²) in [5.41, 5.74) is 1.08. The van der Waals surface area contributed by atoms with Gasteiger partial charge >= 0.3 is 0 Å². The fraction of sp³-hybridized carbons (Fsp3) is 0.533. The van der Waals surface area contributed by atoms with Crippen molar-refractivity contribution in [1.29, 1.82) is 0 Å². The van der Waals surface area contributed by atoms with Gasteiger partial charge in [0.15, 0.2) is 0 Å². The molecule has 0 aliphatic rings. The van der Waals surface area contributed by atoms with Gasteiger partial charge in [0.05, 0.1) is 13.2 Å². The van der Waals surface area contributed by atoms with Crippen LogP contribution in [0.5, 0.6) is 0 Å². The Kier molecular flexibility index (Phi) is 7.15. The average Bonchev–Trinajstić information content (AvgIpc) is 2.42. The van der Waals surface area contributed by atoms with Gasteiger partial charge in [-0.05, 0) is 17.9 Å². The summed E-state index contributed by atoms with van der Waals surface area (Å²) in [6, 6.07) is 9.79. The summed E-state index contributed by atoms with van der Waals surface area (Å²) in [6.07, 6.45) is 0.864. The molecule has 1 aromatic carbocycles. The monoisotopic (exact) mass is 264 g/mol. The molecule has 3 N–H and O–H groups in total. The molecule has 4 nitrogen and oxygen atoms in total. The van der Waals surface area contributed by atoms with E-state index < -0.39 is 0 Å². The number of hydrogen-bond acceptors (Lipinski definition) is 3. The minimum Gasteiger partial charge on any atom is -0.395 e.